The van der Waals surface area contributed by atoms with E-state index in [2.05, 4.69) is 43.9 Å². The van der Waals surface area contributed by atoms with Gasteiger partial charge in [-0.25, -0.2) is 15.0 Å². The van der Waals surface area contributed by atoms with Crippen LogP contribution in [0.5, 0.6) is 5.88 Å². The molecule has 6 rings (SSSR count). The van der Waals surface area contributed by atoms with Gasteiger partial charge in [0.05, 0.1) is 23.3 Å². The molecule has 0 unspecified atom stereocenters. The summed E-state index contributed by atoms with van der Waals surface area (Å²) in [6.45, 7) is 3.33. The minimum Gasteiger partial charge on any atom is -0.481 e. The van der Waals surface area contributed by atoms with Gasteiger partial charge in [0, 0.05) is 66.5 Å². The number of rotatable bonds is 9. The number of aromatic nitrogens is 4. The van der Waals surface area contributed by atoms with Crippen molar-refractivity contribution in [1.82, 2.24) is 30.6 Å². The Hall–Kier alpha value is -4.60. The van der Waals surface area contributed by atoms with Gasteiger partial charge in [-0.1, -0.05) is 48.0 Å². The van der Waals surface area contributed by atoms with Crippen LogP contribution in [-0.2, 0) is 11.3 Å². The Kier molecular flexibility index (Phi) is 7.94. The fraction of sp³-hybridized carbons (Fsp3) is 0.219. The summed E-state index contributed by atoms with van der Waals surface area (Å²) in [6, 6.07) is 18.0. The lowest BCUT2D eigenvalue weighted by Crippen LogP contribution is -2.35. The van der Waals surface area contributed by atoms with Crippen LogP contribution in [0.1, 0.15) is 24.0 Å². The number of amides is 1. The molecular weight excluding hydrogens is 550 g/mol. The summed E-state index contributed by atoms with van der Waals surface area (Å²) in [5, 5.41) is 10.4. The van der Waals surface area contributed by atoms with Gasteiger partial charge in [-0.3, -0.25) is 9.78 Å². The first kappa shape index (κ1) is 27.6. The maximum absolute atomic E-state index is 11.5. The Morgan fingerprint density at radius 1 is 0.976 bits per heavy atom. The van der Waals surface area contributed by atoms with Crippen molar-refractivity contribution in [3.05, 3.63) is 89.3 Å². The minimum absolute atomic E-state index is 0.111. The highest BCUT2D eigenvalue weighted by atomic mass is 35.5. The Morgan fingerprint density at radius 3 is 2.62 bits per heavy atom. The van der Waals surface area contributed by atoms with Crippen LogP contribution in [0.15, 0.2) is 73.2 Å². The molecule has 9 nitrogen and oxygen atoms in total. The van der Waals surface area contributed by atoms with Crippen LogP contribution < -0.4 is 20.7 Å². The molecule has 1 aliphatic heterocycles. The number of hydrogen-bond donors (Lipinski definition) is 3. The molecule has 42 heavy (non-hydrogen) atoms. The van der Waals surface area contributed by atoms with Crippen LogP contribution >= 0.6 is 11.6 Å². The molecule has 1 saturated heterocycles. The van der Waals surface area contributed by atoms with Crippen molar-refractivity contribution in [3.8, 4) is 28.3 Å². The summed E-state index contributed by atoms with van der Waals surface area (Å²) < 4.78 is 5.64. The molecule has 1 fully saturated rings. The lowest BCUT2D eigenvalue weighted by Gasteiger charge is -2.17. The van der Waals surface area contributed by atoms with Gasteiger partial charge in [-0.05, 0) is 42.7 Å². The first-order chi connectivity index (χ1) is 20.5. The average molecular weight is 580 g/mol. The van der Waals surface area contributed by atoms with Crippen LogP contribution in [0.3, 0.4) is 0 Å². The van der Waals surface area contributed by atoms with Gasteiger partial charge >= 0.3 is 0 Å². The number of ether oxygens (including phenoxy) is 1. The van der Waals surface area contributed by atoms with E-state index in [1.54, 1.807) is 25.7 Å². The second kappa shape index (κ2) is 12.1. The number of hydrogen-bond acceptors (Lipinski definition) is 8. The second-order valence-corrected chi connectivity index (χ2v) is 10.5. The first-order valence-corrected chi connectivity index (χ1v) is 14.1. The van der Waals surface area contributed by atoms with E-state index in [1.807, 2.05) is 48.5 Å². The van der Waals surface area contributed by atoms with Crippen molar-refractivity contribution < 1.29 is 9.53 Å². The lowest BCUT2D eigenvalue weighted by molar-refractivity contribution is -0.119. The number of carbonyl (C=O) groups excluding carboxylic acids is 1. The Morgan fingerprint density at radius 2 is 1.79 bits per heavy atom. The zero-order valence-electron chi connectivity index (χ0n) is 23.3. The van der Waals surface area contributed by atoms with E-state index in [4.69, 9.17) is 21.3 Å². The van der Waals surface area contributed by atoms with Crippen molar-refractivity contribution in [2.75, 3.05) is 19.0 Å². The van der Waals surface area contributed by atoms with Gasteiger partial charge in [0.1, 0.15) is 5.52 Å². The molecule has 1 aliphatic rings. The van der Waals surface area contributed by atoms with Crippen molar-refractivity contribution in [2.24, 2.45) is 0 Å². The summed E-state index contributed by atoms with van der Waals surface area (Å²) in [4.78, 5) is 29.6. The molecule has 3 aromatic heterocycles. The van der Waals surface area contributed by atoms with Crippen LogP contribution in [0.4, 0.5) is 11.5 Å². The van der Waals surface area contributed by atoms with Gasteiger partial charge in [-0.15, -0.1) is 0 Å². The van der Waals surface area contributed by atoms with E-state index in [0.29, 0.717) is 41.7 Å². The van der Waals surface area contributed by atoms with E-state index in [1.165, 1.54) is 0 Å². The standard InChI is InChI=1S/C32H30ClN7O2/c1-19-22(5-4-8-25(19)39-31-30-27(13-14-37-31)35-15-16-36-30)23-6-3-7-24(29(23)33)26-11-9-20(32(40-26)42-2)17-34-18-21-10-12-28(41)38-21/h3-9,11,13-16,21,34H,10,12,17-18H2,1-2H3,(H,37,39)(H,38,41)/t21-/m0/s1. The molecule has 1 atom stereocenters. The molecule has 0 bridgehead atoms. The van der Waals surface area contributed by atoms with Gasteiger partial charge in [0.2, 0.25) is 11.8 Å². The van der Waals surface area contributed by atoms with Crippen molar-refractivity contribution in [3.63, 3.8) is 0 Å². The second-order valence-electron chi connectivity index (χ2n) is 10.2. The number of halogens is 1. The molecule has 1 amide bonds. The van der Waals surface area contributed by atoms with Gasteiger partial charge in [0.15, 0.2) is 5.82 Å². The van der Waals surface area contributed by atoms with Crippen LogP contribution in [0.2, 0.25) is 5.02 Å². The number of nitrogens with zero attached hydrogens (tertiary/aromatic N) is 4. The van der Waals surface area contributed by atoms with Crippen LogP contribution in [0.25, 0.3) is 33.4 Å². The van der Waals surface area contributed by atoms with E-state index in [0.717, 1.165) is 51.1 Å². The van der Waals surface area contributed by atoms with Crippen molar-refractivity contribution in [1.29, 1.82) is 0 Å². The number of methoxy groups -OCH3 is 1. The van der Waals surface area contributed by atoms with E-state index in [-0.39, 0.29) is 11.9 Å². The average Bonchev–Trinajstić information content (AvgIpc) is 3.43. The zero-order chi connectivity index (χ0) is 29.1. The molecule has 0 aliphatic carbocycles. The lowest BCUT2D eigenvalue weighted by atomic mass is 9.96. The first-order valence-electron chi connectivity index (χ1n) is 13.8. The van der Waals surface area contributed by atoms with Gasteiger partial charge in [0.25, 0.3) is 0 Å². The molecule has 5 aromatic rings. The highest BCUT2D eigenvalue weighted by molar-refractivity contribution is 6.36. The van der Waals surface area contributed by atoms with E-state index in [9.17, 15) is 4.79 Å². The Labute approximate surface area is 248 Å². The maximum Gasteiger partial charge on any atom is 0.220 e. The molecule has 0 radical (unpaired) electrons. The number of carbonyl (C=O) groups is 1. The number of anilines is 2. The summed E-state index contributed by atoms with van der Waals surface area (Å²) >= 11 is 7.07. The topological polar surface area (TPSA) is 114 Å². The molecular formula is C32H30ClN7O2. The third kappa shape index (κ3) is 5.61. The minimum atomic E-state index is 0.111. The van der Waals surface area contributed by atoms with Crippen LogP contribution in [0, 0.1) is 6.92 Å². The summed E-state index contributed by atoms with van der Waals surface area (Å²) in [7, 11) is 1.61. The highest BCUT2D eigenvalue weighted by Crippen LogP contribution is 2.39. The molecule has 0 saturated carbocycles. The molecule has 3 N–H and O–H groups in total. The van der Waals surface area contributed by atoms with Gasteiger partial charge in [-0.2, -0.15) is 0 Å². The quantitative estimate of drug-likeness (QED) is 0.200. The SMILES string of the molecule is COc1nc(-c2cccc(-c3cccc(Nc4nccc5nccnc45)c3C)c2Cl)ccc1CNC[C@@H]1CCC(=O)N1. The smallest absolute Gasteiger partial charge is 0.220 e. The van der Waals surface area contributed by atoms with Crippen molar-refractivity contribution in [2.45, 2.75) is 32.4 Å². The van der Waals surface area contributed by atoms with Gasteiger partial charge < -0.3 is 20.7 Å². The highest BCUT2D eigenvalue weighted by Gasteiger charge is 2.20. The van der Waals surface area contributed by atoms with E-state index >= 15 is 0 Å². The summed E-state index contributed by atoms with van der Waals surface area (Å²) in [5.41, 5.74) is 7.73. The number of pyridine rings is 2. The summed E-state index contributed by atoms with van der Waals surface area (Å²) in [5.74, 6) is 1.28. The predicted octanol–water partition coefficient (Wildman–Crippen LogP) is 5.84. The Bertz CT molecular complexity index is 1770. The van der Waals surface area contributed by atoms with Crippen LogP contribution in [-0.4, -0.2) is 45.5 Å². The molecule has 10 heteroatoms. The number of fused-ring (bicyclic) bond motifs is 1. The third-order valence-electron chi connectivity index (χ3n) is 7.46. The van der Waals surface area contributed by atoms with Crippen molar-refractivity contribution >= 4 is 40.0 Å². The number of nitrogens with one attached hydrogen (secondary N) is 3. The fourth-order valence-corrected chi connectivity index (χ4v) is 5.58. The predicted molar refractivity (Wildman–Crippen MR) is 165 cm³/mol. The molecule has 0 spiro atoms. The molecule has 2 aromatic carbocycles. The fourth-order valence-electron chi connectivity index (χ4n) is 5.26. The largest absolute Gasteiger partial charge is 0.481 e. The zero-order valence-corrected chi connectivity index (χ0v) is 24.1. The number of benzene rings is 2. The monoisotopic (exact) mass is 579 g/mol. The molecule has 4 heterocycles. The summed E-state index contributed by atoms with van der Waals surface area (Å²) in [6.07, 6.45) is 6.48. The third-order valence-corrected chi connectivity index (χ3v) is 7.87. The normalized spacial score (nSPS) is 14.6. The Balaban J connectivity index is 1.26. The maximum atomic E-state index is 11.5. The van der Waals surface area contributed by atoms with E-state index < -0.39 is 0 Å². The molecule has 212 valence electrons.